The van der Waals surface area contributed by atoms with Gasteiger partial charge in [-0.25, -0.2) is 13.9 Å². The molecule has 1 heterocycles. The lowest BCUT2D eigenvalue weighted by molar-refractivity contribution is -0.671. The number of aromatic carboxylic acids is 1. The van der Waals surface area contributed by atoms with Gasteiger partial charge in [-0.15, -0.1) is 5.75 Å². The molecule has 2 aromatic rings. The number of hydrogen-bond donors (Lipinski definition) is 1. The summed E-state index contributed by atoms with van der Waals surface area (Å²) >= 11 is 0. The summed E-state index contributed by atoms with van der Waals surface area (Å²) in [4.78, 5) is 10.2. The number of imidazole rings is 1. The van der Waals surface area contributed by atoms with Crippen LogP contribution >= 0.6 is 0 Å². The van der Waals surface area contributed by atoms with E-state index in [1.807, 2.05) is 17.8 Å². The van der Waals surface area contributed by atoms with E-state index in [-0.39, 0.29) is 11.3 Å². The Morgan fingerprint density at radius 1 is 1.39 bits per heavy atom. The molecule has 0 aliphatic heterocycles. The average molecular weight is 248 g/mol. The Labute approximate surface area is 106 Å². The monoisotopic (exact) mass is 248 g/mol. The van der Waals surface area contributed by atoms with E-state index in [9.17, 15) is 9.90 Å². The minimum Gasteiger partial charge on any atom is -0.872 e. The first-order chi connectivity index (χ1) is 8.52. The van der Waals surface area contributed by atoms with Gasteiger partial charge in [-0.1, -0.05) is 12.1 Å². The van der Waals surface area contributed by atoms with Crippen molar-refractivity contribution in [2.24, 2.45) is 7.05 Å². The second kappa shape index (κ2) is 6.44. The summed E-state index contributed by atoms with van der Waals surface area (Å²) < 4.78 is 4.16. The van der Waals surface area contributed by atoms with E-state index in [1.165, 1.54) is 24.3 Å². The van der Waals surface area contributed by atoms with E-state index >= 15 is 0 Å². The zero-order chi connectivity index (χ0) is 13.5. The zero-order valence-electron chi connectivity index (χ0n) is 10.4. The van der Waals surface area contributed by atoms with Crippen LogP contribution in [0.15, 0.2) is 43.0 Å². The SMILES string of the molecule is CCn1cc[n+](C)c1.O=C(O)c1ccc([O-])cc1. The Morgan fingerprint density at radius 2 is 2.00 bits per heavy atom. The van der Waals surface area contributed by atoms with Gasteiger partial charge < -0.3 is 10.2 Å². The summed E-state index contributed by atoms with van der Waals surface area (Å²) in [5, 5.41) is 18.8. The Hall–Kier alpha value is -2.30. The second-order valence-corrected chi connectivity index (χ2v) is 3.74. The number of aromatic nitrogens is 2. The van der Waals surface area contributed by atoms with Gasteiger partial charge in [0.2, 0.25) is 6.33 Å². The Kier molecular flexibility index (Phi) is 4.92. The molecule has 0 aliphatic rings. The molecule has 2 rings (SSSR count). The largest absolute Gasteiger partial charge is 0.872 e. The van der Waals surface area contributed by atoms with Gasteiger partial charge in [0.25, 0.3) is 0 Å². The van der Waals surface area contributed by atoms with Crippen molar-refractivity contribution in [3.05, 3.63) is 48.5 Å². The third-order valence-electron chi connectivity index (χ3n) is 2.29. The lowest BCUT2D eigenvalue weighted by Crippen LogP contribution is -2.23. The Balaban J connectivity index is 0.000000184. The molecule has 18 heavy (non-hydrogen) atoms. The molecule has 0 spiro atoms. The molecular formula is C13H16N2O3. The summed E-state index contributed by atoms with van der Waals surface area (Å²) in [6.45, 7) is 3.18. The van der Waals surface area contributed by atoms with E-state index in [0.717, 1.165) is 6.54 Å². The number of carboxylic acids is 1. The maximum absolute atomic E-state index is 10.5. The van der Waals surface area contributed by atoms with Crippen LogP contribution in [-0.4, -0.2) is 15.6 Å². The van der Waals surface area contributed by atoms with Crippen LogP contribution in [-0.2, 0) is 13.6 Å². The van der Waals surface area contributed by atoms with Crippen LogP contribution in [0, 0.1) is 0 Å². The molecule has 5 heteroatoms. The fourth-order valence-electron chi connectivity index (χ4n) is 1.29. The average Bonchev–Trinajstić information content (AvgIpc) is 2.76. The first kappa shape index (κ1) is 13.8. The van der Waals surface area contributed by atoms with Gasteiger partial charge in [-0.05, 0) is 19.1 Å². The number of benzene rings is 1. The molecule has 96 valence electrons. The van der Waals surface area contributed by atoms with E-state index in [2.05, 4.69) is 24.0 Å². The lowest BCUT2D eigenvalue weighted by atomic mass is 10.2. The summed E-state index contributed by atoms with van der Waals surface area (Å²) in [6, 6.07) is 5.02. The van der Waals surface area contributed by atoms with Crippen molar-refractivity contribution < 1.29 is 19.6 Å². The quantitative estimate of drug-likeness (QED) is 0.799. The fourth-order valence-corrected chi connectivity index (χ4v) is 1.29. The van der Waals surface area contributed by atoms with Crippen molar-refractivity contribution >= 4 is 5.97 Å². The van der Waals surface area contributed by atoms with Crippen LogP contribution in [0.25, 0.3) is 0 Å². The molecule has 0 radical (unpaired) electrons. The standard InChI is InChI=1S/C7H6O3.C6H11N2/c8-6-3-1-5(2-4-6)7(9)10;1-3-8-5-4-7(2)6-8/h1-4,8H,(H,9,10);4-6H,3H2,1-2H3/q;+1/p-1. The molecule has 0 aliphatic carbocycles. The van der Waals surface area contributed by atoms with Crippen LogP contribution in [0.3, 0.4) is 0 Å². The van der Waals surface area contributed by atoms with Crippen LogP contribution in [0.5, 0.6) is 5.75 Å². The highest BCUT2D eigenvalue weighted by Gasteiger charge is 1.97. The number of hydrogen-bond acceptors (Lipinski definition) is 2. The summed E-state index contributed by atoms with van der Waals surface area (Å²) in [5.74, 6) is -1.19. The van der Waals surface area contributed by atoms with Crippen LogP contribution in [0.4, 0.5) is 0 Å². The summed E-state index contributed by atoms with van der Waals surface area (Å²) in [7, 11) is 2.02. The number of rotatable bonds is 2. The van der Waals surface area contributed by atoms with Crippen molar-refractivity contribution in [2.75, 3.05) is 0 Å². The molecule has 0 fully saturated rings. The van der Waals surface area contributed by atoms with E-state index < -0.39 is 5.97 Å². The second-order valence-electron chi connectivity index (χ2n) is 3.74. The maximum Gasteiger partial charge on any atom is 0.335 e. The third-order valence-corrected chi connectivity index (χ3v) is 2.29. The Morgan fingerprint density at radius 3 is 2.33 bits per heavy atom. The molecule has 0 atom stereocenters. The van der Waals surface area contributed by atoms with Crippen molar-refractivity contribution in [3.8, 4) is 5.75 Å². The molecule has 0 saturated heterocycles. The molecule has 1 aromatic carbocycles. The molecule has 0 saturated carbocycles. The van der Waals surface area contributed by atoms with E-state index in [0.29, 0.717) is 0 Å². The first-order valence-electron chi connectivity index (χ1n) is 5.54. The minimum absolute atomic E-state index is 0.139. The predicted molar refractivity (Wildman–Crippen MR) is 64.1 cm³/mol. The van der Waals surface area contributed by atoms with Crippen molar-refractivity contribution in [3.63, 3.8) is 0 Å². The van der Waals surface area contributed by atoms with Crippen molar-refractivity contribution in [1.29, 1.82) is 0 Å². The van der Waals surface area contributed by atoms with Crippen molar-refractivity contribution in [2.45, 2.75) is 13.5 Å². The lowest BCUT2D eigenvalue weighted by Gasteiger charge is -2.02. The molecule has 1 aromatic heterocycles. The zero-order valence-corrected chi connectivity index (χ0v) is 10.4. The van der Waals surface area contributed by atoms with Gasteiger partial charge in [0, 0.05) is 0 Å². The first-order valence-corrected chi connectivity index (χ1v) is 5.54. The number of aryl methyl sites for hydroxylation is 2. The van der Waals surface area contributed by atoms with E-state index in [1.54, 1.807) is 0 Å². The van der Waals surface area contributed by atoms with Gasteiger partial charge >= 0.3 is 5.97 Å². The van der Waals surface area contributed by atoms with Crippen LogP contribution in [0.2, 0.25) is 0 Å². The van der Waals surface area contributed by atoms with Gasteiger partial charge in [0.15, 0.2) is 0 Å². The maximum atomic E-state index is 10.5. The topological polar surface area (TPSA) is 69.2 Å². The van der Waals surface area contributed by atoms with Gasteiger partial charge in [0.1, 0.15) is 12.4 Å². The molecule has 5 nitrogen and oxygen atoms in total. The number of carboxylic acid groups (broad SMARTS) is 1. The molecule has 0 amide bonds. The highest BCUT2D eigenvalue weighted by molar-refractivity contribution is 5.87. The number of carbonyl (C=O) groups is 1. The fraction of sp³-hybridized carbons (Fsp3) is 0.231. The highest BCUT2D eigenvalue weighted by Crippen LogP contribution is 2.05. The van der Waals surface area contributed by atoms with Crippen molar-refractivity contribution in [1.82, 2.24) is 4.57 Å². The Bertz CT molecular complexity index is 503. The normalized spacial score (nSPS) is 9.44. The highest BCUT2D eigenvalue weighted by atomic mass is 16.4. The summed E-state index contributed by atoms with van der Waals surface area (Å²) in [5.41, 5.74) is 0.139. The minimum atomic E-state index is -1.01. The molecular weight excluding hydrogens is 232 g/mol. The smallest absolute Gasteiger partial charge is 0.335 e. The van der Waals surface area contributed by atoms with Gasteiger partial charge in [-0.2, -0.15) is 0 Å². The molecule has 0 bridgehead atoms. The van der Waals surface area contributed by atoms with Gasteiger partial charge in [0.05, 0.1) is 19.2 Å². The molecule has 0 unspecified atom stereocenters. The molecule has 1 N–H and O–H groups in total. The van der Waals surface area contributed by atoms with Gasteiger partial charge in [-0.3, -0.25) is 0 Å². The van der Waals surface area contributed by atoms with Crippen LogP contribution in [0.1, 0.15) is 17.3 Å². The third kappa shape index (κ3) is 4.29. The van der Waals surface area contributed by atoms with E-state index in [4.69, 9.17) is 5.11 Å². The summed E-state index contributed by atoms with van der Waals surface area (Å²) in [6.07, 6.45) is 6.14. The number of nitrogens with zero attached hydrogens (tertiary/aromatic N) is 2. The van der Waals surface area contributed by atoms with Crippen LogP contribution < -0.4 is 9.67 Å². The predicted octanol–water partition coefficient (Wildman–Crippen LogP) is 0.791.